The van der Waals surface area contributed by atoms with Crippen molar-refractivity contribution < 1.29 is 9.84 Å². The van der Waals surface area contributed by atoms with Gasteiger partial charge in [-0.05, 0) is 55.3 Å². The second-order valence-electron chi connectivity index (χ2n) is 7.21. The van der Waals surface area contributed by atoms with E-state index in [-0.39, 0.29) is 0 Å². The van der Waals surface area contributed by atoms with Gasteiger partial charge in [-0.15, -0.1) is 0 Å². The number of phenolic OH excluding ortho intramolecular Hbond substituents is 1. The maximum absolute atomic E-state index is 10.1. The van der Waals surface area contributed by atoms with Crippen LogP contribution in [0.2, 0.25) is 5.02 Å². The molecule has 146 valence electrons. The van der Waals surface area contributed by atoms with E-state index in [1.165, 1.54) is 0 Å². The van der Waals surface area contributed by atoms with Crippen LogP contribution in [-0.4, -0.2) is 41.2 Å². The van der Waals surface area contributed by atoms with Crippen molar-refractivity contribution in [1.29, 1.82) is 0 Å². The zero-order valence-electron chi connectivity index (χ0n) is 15.9. The summed E-state index contributed by atoms with van der Waals surface area (Å²) in [6.07, 6.45) is 3.91. The van der Waals surface area contributed by atoms with Gasteiger partial charge in [-0.3, -0.25) is 9.88 Å². The van der Waals surface area contributed by atoms with Gasteiger partial charge in [0.25, 0.3) is 0 Å². The van der Waals surface area contributed by atoms with E-state index in [2.05, 4.69) is 15.2 Å². The number of anilines is 1. The van der Waals surface area contributed by atoms with Crippen molar-refractivity contribution in [3.05, 3.63) is 59.2 Å². The van der Waals surface area contributed by atoms with Gasteiger partial charge in [0.1, 0.15) is 11.5 Å². The van der Waals surface area contributed by atoms with E-state index < -0.39 is 0 Å². The summed E-state index contributed by atoms with van der Waals surface area (Å²) in [7, 11) is 1.64. The number of piperidine rings is 1. The van der Waals surface area contributed by atoms with Gasteiger partial charge in [0, 0.05) is 53.5 Å². The maximum atomic E-state index is 10.1. The molecular formula is C22H24ClN3O2. The minimum Gasteiger partial charge on any atom is -0.508 e. The van der Waals surface area contributed by atoms with Crippen LogP contribution in [0, 0.1) is 0 Å². The number of hydrogen-bond donors (Lipinski definition) is 2. The molecule has 2 heterocycles. The van der Waals surface area contributed by atoms with Gasteiger partial charge in [-0.2, -0.15) is 0 Å². The molecule has 0 saturated carbocycles. The number of methoxy groups -OCH3 is 1. The third kappa shape index (κ3) is 4.16. The molecule has 0 aliphatic carbocycles. The van der Waals surface area contributed by atoms with Crippen LogP contribution in [0.4, 0.5) is 5.69 Å². The van der Waals surface area contributed by atoms with Gasteiger partial charge < -0.3 is 15.2 Å². The van der Waals surface area contributed by atoms with E-state index >= 15 is 0 Å². The third-order valence-electron chi connectivity index (χ3n) is 5.33. The SMILES string of the molecule is COc1ccc(O)c(CN2CCC(Nc3ccnc4cc(Cl)ccc34)CC2)c1. The van der Waals surface area contributed by atoms with E-state index in [0.717, 1.165) is 60.4 Å². The fourth-order valence-corrected chi connectivity index (χ4v) is 3.93. The third-order valence-corrected chi connectivity index (χ3v) is 5.57. The highest BCUT2D eigenvalue weighted by molar-refractivity contribution is 6.31. The Balaban J connectivity index is 1.39. The van der Waals surface area contributed by atoms with E-state index in [1.54, 1.807) is 19.2 Å². The Kier molecular flexibility index (Phi) is 5.55. The van der Waals surface area contributed by atoms with Crippen molar-refractivity contribution in [2.24, 2.45) is 0 Å². The van der Waals surface area contributed by atoms with Gasteiger partial charge in [0.05, 0.1) is 12.6 Å². The van der Waals surface area contributed by atoms with Gasteiger partial charge in [-0.1, -0.05) is 11.6 Å². The molecule has 6 heteroatoms. The number of halogens is 1. The number of hydrogen-bond acceptors (Lipinski definition) is 5. The topological polar surface area (TPSA) is 57.6 Å². The lowest BCUT2D eigenvalue weighted by molar-refractivity contribution is 0.209. The van der Waals surface area contributed by atoms with Crippen LogP contribution in [0.3, 0.4) is 0 Å². The highest BCUT2D eigenvalue weighted by atomic mass is 35.5. The molecule has 4 rings (SSSR count). The first-order valence-electron chi connectivity index (χ1n) is 9.51. The van der Waals surface area contributed by atoms with Gasteiger partial charge in [0.15, 0.2) is 0 Å². The highest BCUT2D eigenvalue weighted by Gasteiger charge is 2.20. The van der Waals surface area contributed by atoms with Crippen LogP contribution < -0.4 is 10.1 Å². The Morgan fingerprint density at radius 2 is 2.00 bits per heavy atom. The molecule has 2 aromatic carbocycles. The molecule has 1 saturated heterocycles. The molecule has 0 unspecified atom stereocenters. The van der Waals surface area contributed by atoms with Crippen LogP contribution in [-0.2, 0) is 6.54 Å². The lowest BCUT2D eigenvalue weighted by Gasteiger charge is -2.33. The number of likely N-dealkylation sites (tertiary alicyclic amines) is 1. The zero-order chi connectivity index (χ0) is 19.5. The summed E-state index contributed by atoms with van der Waals surface area (Å²) < 4.78 is 5.27. The summed E-state index contributed by atoms with van der Waals surface area (Å²) in [5.74, 6) is 1.09. The number of rotatable bonds is 5. The van der Waals surface area contributed by atoms with Crippen molar-refractivity contribution >= 4 is 28.2 Å². The monoisotopic (exact) mass is 397 g/mol. The van der Waals surface area contributed by atoms with Gasteiger partial charge >= 0.3 is 0 Å². The minimum atomic E-state index is 0.322. The average molecular weight is 398 g/mol. The molecule has 1 aromatic heterocycles. The Bertz CT molecular complexity index is 971. The summed E-state index contributed by atoms with van der Waals surface area (Å²) in [5, 5.41) is 15.6. The first-order valence-corrected chi connectivity index (χ1v) is 9.89. The normalized spacial score (nSPS) is 15.6. The molecule has 2 N–H and O–H groups in total. The summed E-state index contributed by atoms with van der Waals surface area (Å²) in [4.78, 5) is 6.78. The molecule has 1 aliphatic rings. The largest absolute Gasteiger partial charge is 0.508 e. The predicted molar refractivity (Wildman–Crippen MR) is 113 cm³/mol. The lowest BCUT2D eigenvalue weighted by atomic mass is 10.0. The molecule has 5 nitrogen and oxygen atoms in total. The Labute approximate surface area is 169 Å². The number of fused-ring (bicyclic) bond motifs is 1. The fourth-order valence-electron chi connectivity index (χ4n) is 3.76. The number of nitrogens with zero attached hydrogens (tertiary/aromatic N) is 2. The van der Waals surface area contributed by atoms with Crippen LogP contribution >= 0.6 is 11.6 Å². The summed E-state index contributed by atoms with van der Waals surface area (Å²) in [5.41, 5.74) is 2.91. The Morgan fingerprint density at radius 3 is 2.79 bits per heavy atom. The minimum absolute atomic E-state index is 0.322. The summed E-state index contributed by atoms with van der Waals surface area (Å²) >= 11 is 6.08. The Morgan fingerprint density at radius 1 is 1.18 bits per heavy atom. The van der Waals surface area contributed by atoms with Crippen LogP contribution in [0.5, 0.6) is 11.5 Å². The number of pyridine rings is 1. The van der Waals surface area contributed by atoms with Crippen LogP contribution in [0.1, 0.15) is 18.4 Å². The Hall–Kier alpha value is -2.50. The number of aromatic hydroxyl groups is 1. The lowest BCUT2D eigenvalue weighted by Crippen LogP contribution is -2.38. The molecule has 1 fully saturated rings. The molecule has 0 bridgehead atoms. The second-order valence-corrected chi connectivity index (χ2v) is 7.65. The van der Waals surface area contributed by atoms with Crippen LogP contribution in [0.25, 0.3) is 10.9 Å². The number of phenols is 1. The van der Waals surface area contributed by atoms with Gasteiger partial charge in [0.2, 0.25) is 0 Å². The number of ether oxygens (including phenoxy) is 1. The first kappa shape index (κ1) is 18.8. The predicted octanol–water partition coefficient (Wildman–Crippen LogP) is 4.68. The smallest absolute Gasteiger partial charge is 0.120 e. The average Bonchev–Trinajstić information content (AvgIpc) is 2.71. The molecule has 28 heavy (non-hydrogen) atoms. The van der Waals surface area contributed by atoms with Crippen LogP contribution in [0.15, 0.2) is 48.7 Å². The molecule has 1 aliphatic heterocycles. The first-order chi connectivity index (χ1) is 13.6. The van der Waals surface area contributed by atoms with Crippen molar-refractivity contribution in [2.45, 2.75) is 25.4 Å². The fraction of sp³-hybridized carbons (Fsp3) is 0.318. The van der Waals surface area contributed by atoms with E-state index in [1.807, 2.05) is 36.5 Å². The quantitative estimate of drug-likeness (QED) is 0.654. The van der Waals surface area contributed by atoms with Gasteiger partial charge in [-0.25, -0.2) is 0 Å². The maximum Gasteiger partial charge on any atom is 0.120 e. The summed E-state index contributed by atoms with van der Waals surface area (Å²) in [6, 6.07) is 13.6. The molecule has 0 amide bonds. The van der Waals surface area contributed by atoms with E-state index in [4.69, 9.17) is 16.3 Å². The second kappa shape index (κ2) is 8.25. The molecule has 0 atom stereocenters. The zero-order valence-corrected chi connectivity index (χ0v) is 16.6. The molecule has 0 radical (unpaired) electrons. The van der Waals surface area contributed by atoms with Crippen molar-refractivity contribution in [2.75, 3.05) is 25.5 Å². The molecule has 0 spiro atoms. The molecule has 3 aromatic rings. The van der Waals surface area contributed by atoms with Crippen molar-refractivity contribution in [3.8, 4) is 11.5 Å². The number of aromatic nitrogens is 1. The van der Waals surface area contributed by atoms with E-state index in [0.29, 0.717) is 16.8 Å². The van der Waals surface area contributed by atoms with E-state index in [9.17, 15) is 5.11 Å². The highest BCUT2D eigenvalue weighted by Crippen LogP contribution is 2.28. The summed E-state index contributed by atoms with van der Waals surface area (Å²) in [6.45, 7) is 2.68. The standard InChI is InChI=1S/C22H24ClN3O2/c1-28-18-3-5-22(27)15(12-18)14-26-10-7-17(8-11-26)25-20-6-9-24-21-13-16(23)2-4-19(20)21/h2-6,9,12-13,17,27H,7-8,10-11,14H2,1H3,(H,24,25). The van der Waals surface area contributed by atoms with Crippen molar-refractivity contribution in [1.82, 2.24) is 9.88 Å². The number of nitrogens with one attached hydrogen (secondary N) is 1. The van der Waals surface area contributed by atoms with Crippen molar-refractivity contribution in [3.63, 3.8) is 0 Å². The molecular weight excluding hydrogens is 374 g/mol. The number of benzene rings is 2.